The fourth-order valence-electron chi connectivity index (χ4n) is 8.35. The number of rotatable bonds is 9. The van der Waals surface area contributed by atoms with Crippen molar-refractivity contribution in [3.63, 3.8) is 0 Å². The van der Waals surface area contributed by atoms with Crippen LogP contribution in [0.1, 0.15) is 51.2 Å². The zero-order valence-electron chi connectivity index (χ0n) is 30.4. The topological polar surface area (TPSA) is 137 Å². The molecule has 4 aromatic rings. The number of likely N-dealkylation sites (tertiary alicyclic amines) is 2. The number of nitrogens with zero attached hydrogens (tertiary/aromatic N) is 10. The lowest BCUT2D eigenvalue weighted by Crippen LogP contribution is -2.68. The summed E-state index contributed by atoms with van der Waals surface area (Å²) in [7, 11) is 1.63. The first-order chi connectivity index (χ1) is 25.1. The van der Waals surface area contributed by atoms with Gasteiger partial charge in [0.15, 0.2) is 0 Å². The zero-order chi connectivity index (χ0) is 36.0. The quantitative estimate of drug-likeness (QED) is 0.246. The third kappa shape index (κ3) is 6.82. The Morgan fingerprint density at radius 1 is 1.06 bits per heavy atom. The number of aromatic nitrogens is 5. The van der Waals surface area contributed by atoms with Gasteiger partial charge in [-0.2, -0.15) is 10.4 Å². The number of methoxy groups -OCH3 is 1. The molecule has 0 aliphatic carbocycles. The molecule has 5 saturated heterocycles. The Hall–Kier alpha value is -5.00. The number of nitriles is 1. The molecule has 9 heterocycles. The van der Waals surface area contributed by atoms with Crippen molar-refractivity contribution in [3.05, 3.63) is 60.3 Å². The molecule has 4 aromatic heterocycles. The third-order valence-electron chi connectivity index (χ3n) is 10.8. The van der Waals surface area contributed by atoms with Crippen LogP contribution in [0, 0.1) is 16.7 Å². The second kappa shape index (κ2) is 13.5. The number of hydrogen-bond acceptors (Lipinski definition) is 12. The van der Waals surface area contributed by atoms with Gasteiger partial charge in [-0.25, -0.2) is 19.3 Å². The summed E-state index contributed by atoms with van der Waals surface area (Å²) in [5, 5.41) is 14.3. The Bertz CT molecular complexity index is 1950. The maximum atomic E-state index is 12.7. The number of piperidine rings is 2. The molecule has 1 spiro atoms. The second-order valence-corrected chi connectivity index (χ2v) is 15.7. The van der Waals surface area contributed by atoms with E-state index < -0.39 is 5.60 Å². The zero-order valence-corrected chi connectivity index (χ0v) is 30.4. The summed E-state index contributed by atoms with van der Waals surface area (Å²) in [6.07, 6.45) is 12.0. The van der Waals surface area contributed by atoms with Crippen LogP contribution in [0.4, 0.5) is 10.6 Å². The molecule has 0 aromatic carbocycles. The monoisotopic (exact) mass is 706 g/mol. The van der Waals surface area contributed by atoms with Crippen molar-refractivity contribution in [1.29, 1.82) is 5.26 Å². The van der Waals surface area contributed by atoms with E-state index in [9.17, 15) is 10.1 Å². The number of pyridine rings is 2. The first kappa shape index (κ1) is 34.1. The Balaban J connectivity index is 0.888. The van der Waals surface area contributed by atoms with Crippen molar-refractivity contribution in [1.82, 2.24) is 39.3 Å². The molecule has 52 heavy (non-hydrogen) atoms. The largest absolute Gasteiger partial charge is 0.491 e. The van der Waals surface area contributed by atoms with E-state index in [0.717, 1.165) is 76.6 Å². The molecule has 5 aliphatic rings. The maximum absolute atomic E-state index is 12.7. The van der Waals surface area contributed by atoms with Crippen molar-refractivity contribution in [2.45, 2.75) is 64.3 Å². The van der Waals surface area contributed by atoms with Gasteiger partial charge >= 0.3 is 6.09 Å². The molecule has 14 heteroatoms. The fraction of sp³-hybridized carbons (Fsp3) is 0.526. The summed E-state index contributed by atoms with van der Waals surface area (Å²) in [6.45, 7) is 13.0. The van der Waals surface area contributed by atoms with Crippen LogP contribution in [0.3, 0.4) is 0 Å². The molecule has 5 aliphatic heterocycles. The molecule has 272 valence electrons. The highest BCUT2D eigenvalue weighted by molar-refractivity contribution is 5.83. The predicted molar refractivity (Wildman–Crippen MR) is 193 cm³/mol. The summed E-state index contributed by atoms with van der Waals surface area (Å²) in [5.74, 6) is 2.12. The van der Waals surface area contributed by atoms with Crippen LogP contribution in [0.5, 0.6) is 11.6 Å². The van der Waals surface area contributed by atoms with E-state index in [-0.39, 0.29) is 11.5 Å². The average Bonchev–Trinajstić information content (AvgIpc) is 3.56. The smallest absolute Gasteiger partial charge is 0.410 e. The predicted octanol–water partition coefficient (Wildman–Crippen LogP) is 4.24. The van der Waals surface area contributed by atoms with E-state index in [4.69, 9.17) is 24.2 Å². The van der Waals surface area contributed by atoms with E-state index in [1.54, 1.807) is 24.0 Å². The van der Waals surface area contributed by atoms with Crippen LogP contribution >= 0.6 is 0 Å². The third-order valence-corrected chi connectivity index (χ3v) is 10.8. The molecule has 2 atom stereocenters. The van der Waals surface area contributed by atoms with Crippen molar-refractivity contribution in [2.24, 2.45) is 5.41 Å². The van der Waals surface area contributed by atoms with Gasteiger partial charge in [0, 0.05) is 87.7 Å². The number of fused-ring (bicyclic) bond motifs is 3. The molecule has 9 rings (SSSR count). The van der Waals surface area contributed by atoms with Gasteiger partial charge in [-0.15, -0.1) is 0 Å². The Kier molecular flexibility index (Phi) is 8.87. The fourth-order valence-corrected chi connectivity index (χ4v) is 8.35. The van der Waals surface area contributed by atoms with Gasteiger partial charge in [0.2, 0.25) is 5.88 Å². The normalized spacial score (nSPS) is 21.4. The molecule has 2 bridgehead atoms. The minimum Gasteiger partial charge on any atom is -0.491 e. The maximum Gasteiger partial charge on any atom is 0.410 e. The Morgan fingerprint density at radius 3 is 2.58 bits per heavy atom. The average molecular weight is 707 g/mol. The van der Waals surface area contributed by atoms with E-state index >= 15 is 0 Å². The first-order valence-corrected chi connectivity index (χ1v) is 18.2. The van der Waals surface area contributed by atoms with Crippen LogP contribution in [-0.4, -0.2) is 123 Å². The first-order valence-electron chi connectivity index (χ1n) is 18.2. The highest BCUT2D eigenvalue weighted by Gasteiger charge is 2.47. The number of anilines is 1. The van der Waals surface area contributed by atoms with Crippen molar-refractivity contribution in [3.8, 4) is 29.0 Å². The number of piperazine rings is 1. The van der Waals surface area contributed by atoms with E-state index in [2.05, 4.69) is 36.9 Å². The van der Waals surface area contributed by atoms with Gasteiger partial charge in [0.1, 0.15) is 29.8 Å². The molecular formula is C38H46N10O4. The Morgan fingerprint density at radius 2 is 1.88 bits per heavy atom. The molecular weight excluding hydrogens is 660 g/mol. The molecule has 5 fully saturated rings. The summed E-state index contributed by atoms with van der Waals surface area (Å²) < 4.78 is 18.8. The van der Waals surface area contributed by atoms with Gasteiger partial charge in [0.25, 0.3) is 0 Å². The minimum atomic E-state index is -0.496. The van der Waals surface area contributed by atoms with Crippen molar-refractivity contribution < 1.29 is 19.0 Å². The van der Waals surface area contributed by atoms with E-state index in [0.29, 0.717) is 47.1 Å². The van der Waals surface area contributed by atoms with E-state index in [1.165, 1.54) is 12.0 Å². The van der Waals surface area contributed by atoms with Crippen molar-refractivity contribution >= 4 is 17.4 Å². The van der Waals surface area contributed by atoms with Crippen LogP contribution in [0.15, 0.2) is 49.2 Å². The number of ether oxygens (including phenoxy) is 3. The number of hydrogen-bond donors (Lipinski definition) is 0. The molecule has 1 amide bonds. The number of carbonyl (C=O) groups is 1. The molecule has 14 nitrogen and oxygen atoms in total. The highest BCUT2D eigenvalue weighted by Crippen LogP contribution is 2.40. The van der Waals surface area contributed by atoms with Gasteiger partial charge in [-0.1, -0.05) is 6.07 Å². The van der Waals surface area contributed by atoms with E-state index in [1.807, 2.05) is 56.4 Å². The van der Waals surface area contributed by atoms with Crippen molar-refractivity contribution in [2.75, 3.05) is 64.4 Å². The molecule has 0 saturated carbocycles. The lowest BCUT2D eigenvalue weighted by atomic mass is 9.73. The van der Waals surface area contributed by atoms with Gasteiger partial charge in [-0.3, -0.25) is 14.8 Å². The molecule has 0 radical (unpaired) electrons. The number of amides is 1. The molecule has 0 N–H and O–H groups in total. The summed E-state index contributed by atoms with van der Waals surface area (Å²) in [4.78, 5) is 35.9. The summed E-state index contributed by atoms with van der Waals surface area (Å²) in [5.41, 5.74) is 3.36. The summed E-state index contributed by atoms with van der Waals surface area (Å²) in [6, 6.07) is 9.11. The highest BCUT2D eigenvalue weighted by atomic mass is 16.6. The SMILES string of the molecule is COc1ccc(CN2C3CC2CN(c2cnc(-c4cc(OCCN5CC6(CCCN(C(=O)OC(C)(C)C)C6)C5)cn5ncc(C#N)c45)cn2)C3)cn1. The standard InChI is InChI=1S/C38H46N10O4/c1-37(2,3)52-36(49)45-9-5-8-38(25-45)23-44(24-38)10-11-51-30-13-31(35-27(14-39)16-43-48(35)22-30)32-17-41-33(18-40-32)46-20-28-12-29(21-46)47(28)19-26-6-7-34(50-4)42-15-26/h6-7,13,15-18,22,28-29H,5,8-12,19-21,23-25H2,1-4H3. The minimum absolute atomic E-state index is 0.123. The van der Waals surface area contributed by atoms with Crippen LogP contribution in [-0.2, 0) is 11.3 Å². The Labute approximate surface area is 303 Å². The number of carbonyl (C=O) groups excluding carboxylic acids is 1. The lowest BCUT2D eigenvalue weighted by Gasteiger charge is -2.56. The van der Waals surface area contributed by atoms with Gasteiger partial charge < -0.3 is 24.0 Å². The summed E-state index contributed by atoms with van der Waals surface area (Å²) >= 11 is 0. The van der Waals surface area contributed by atoms with Crippen LogP contribution in [0.2, 0.25) is 0 Å². The lowest BCUT2D eigenvalue weighted by molar-refractivity contribution is -0.0627. The van der Waals surface area contributed by atoms with Gasteiger partial charge in [0.05, 0.1) is 48.7 Å². The second-order valence-electron chi connectivity index (χ2n) is 15.7. The van der Waals surface area contributed by atoms with Gasteiger partial charge in [-0.05, 0) is 51.7 Å². The molecule has 2 unspecified atom stereocenters. The van der Waals surface area contributed by atoms with Crippen LogP contribution in [0.25, 0.3) is 16.8 Å². The van der Waals surface area contributed by atoms with Crippen LogP contribution < -0.4 is 14.4 Å².